The van der Waals surface area contributed by atoms with Crippen LogP contribution in [0.5, 0.6) is 0 Å². The minimum atomic E-state index is -0.203. The summed E-state index contributed by atoms with van der Waals surface area (Å²) in [6.07, 6.45) is 7.94. The Balaban J connectivity index is 2.36. The third-order valence-electron chi connectivity index (χ3n) is 2.29. The van der Waals surface area contributed by atoms with Gasteiger partial charge in [0.05, 0.1) is 0 Å². The van der Waals surface area contributed by atoms with E-state index in [0.717, 1.165) is 25.8 Å². The molecular formula is C13H18N4O. The van der Waals surface area contributed by atoms with Crippen molar-refractivity contribution in [3.05, 3.63) is 17.8 Å². The molecule has 0 atom stereocenters. The summed E-state index contributed by atoms with van der Waals surface area (Å²) in [7, 11) is 0. The van der Waals surface area contributed by atoms with Gasteiger partial charge >= 0.3 is 0 Å². The normalized spacial score (nSPS) is 9.56. The standard InChI is InChI=1S/C13H18N4O/c1-3-5-6-7-10-15-12-9-8-11(16-17-12)13(18)14-4-2/h1,8-9H,4-7,10H2,2H3,(H,14,18)(H,15,17). The maximum Gasteiger partial charge on any atom is 0.271 e. The third kappa shape index (κ3) is 4.83. The molecule has 1 aromatic rings. The zero-order chi connectivity index (χ0) is 13.2. The first kappa shape index (κ1) is 14.0. The lowest BCUT2D eigenvalue weighted by molar-refractivity contribution is 0.0950. The Morgan fingerprint density at radius 1 is 1.39 bits per heavy atom. The molecule has 1 heterocycles. The van der Waals surface area contributed by atoms with Crippen LogP contribution in [0.3, 0.4) is 0 Å². The van der Waals surface area contributed by atoms with Crippen LogP contribution in [0.15, 0.2) is 12.1 Å². The van der Waals surface area contributed by atoms with Gasteiger partial charge in [0.25, 0.3) is 5.91 Å². The number of carbonyl (C=O) groups excluding carboxylic acids is 1. The predicted molar refractivity (Wildman–Crippen MR) is 71.2 cm³/mol. The topological polar surface area (TPSA) is 66.9 Å². The fraction of sp³-hybridized carbons (Fsp3) is 0.462. The highest BCUT2D eigenvalue weighted by Gasteiger charge is 2.05. The number of aromatic nitrogens is 2. The summed E-state index contributed by atoms with van der Waals surface area (Å²) in [6, 6.07) is 3.40. The molecule has 0 aliphatic heterocycles. The van der Waals surface area contributed by atoms with Crippen LogP contribution in [0, 0.1) is 12.3 Å². The first-order valence-electron chi connectivity index (χ1n) is 6.07. The van der Waals surface area contributed by atoms with Crippen LogP contribution in [0.1, 0.15) is 36.7 Å². The van der Waals surface area contributed by atoms with Gasteiger partial charge in [-0.2, -0.15) is 0 Å². The van der Waals surface area contributed by atoms with E-state index in [9.17, 15) is 4.79 Å². The highest BCUT2D eigenvalue weighted by Crippen LogP contribution is 2.03. The first-order valence-corrected chi connectivity index (χ1v) is 6.07. The molecule has 0 spiro atoms. The number of hydrogen-bond acceptors (Lipinski definition) is 4. The number of carbonyl (C=O) groups is 1. The van der Waals surface area contributed by atoms with Crippen molar-refractivity contribution in [1.82, 2.24) is 15.5 Å². The third-order valence-corrected chi connectivity index (χ3v) is 2.29. The smallest absolute Gasteiger partial charge is 0.271 e. The van der Waals surface area contributed by atoms with Crippen molar-refractivity contribution in [2.45, 2.75) is 26.2 Å². The lowest BCUT2D eigenvalue weighted by Crippen LogP contribution is -2.24. The van der Waals surface area contributed by atoms with Gasteiger partial charge in [-0.25, -0.2) is 0 Å². The van der Waals surface area contributed by atoms with Crippen LogP contribution in [0.25, 0.3) is 0 Å². The van der Waals surface area contributed by atoms with Gasteiger partial charge in [-0.1, -0.05) is 0 Å². The van der Waals surface area contributed by atoms with Crippen molar-refractivity contribution < 1.29 is 4.79 Å². The monoisotopic (exact) mass is 246 g/mol. The van der Waals surface area contributed by atoms with Crippen molar-refractivity contribution in [1.29, 1.82) is 0 Å². The second kappa shape index (κ2) is 8.07. The molecule has 0 radical (unpaired) electrons. The summed E-state index contributed by atoms with van der Waals surface area (Å²) in [6.45, 7) is 3.24. The van der Waals surface area contributed by atoms with Gasteiger partial charge in [-0.05, 0) is 31.9 Å². The second-order valence-corrected chi connectivity index (χ2v) is 3.75. The summed E-state index contributed by atoms with van der Waals surface area (Å²) in [5.41, 5.74) is 0.328. The molecule has 0 saturated heterocycles. The van der Waals surface area contributed by atoms with E-state index in [0.29, 0.717) is 18.1 Å². The molecule has 96 valence electrons. The van der Waals surface area contributed by atoms with Gasteiger partial charge < -0.3 is 10.6 Å². The van der Waals surface area contributed by atoms with Crippen molar-refractivity contribution >= 4 is 11.7 Å². The molecule has 0 bridgehead atoms. The zero-order valence-corrected chi connectivity index (χ0v) is 10.6. The number of unbranched alkanes of at least 4 members (excludes halogenated alkanes) is 2. The van der Waals surface area contributed by atoms with E-state index >= 15 is 0 Å². The van der Waals surface area contributed by atoms with Crippen molar-refractivity contribution in [2.24, 2.45) is 0 Å². The molecule has 2 N–H and O–H groups in total. The van der Waals surface area contributed by atoms with Gasteiger partial charge in [0.1, 0.15) is 5.82 Å². The Bertz CT molecular complexity index is 408. The van der Waals surface area contributed by atoms with Crippen LogP contribution in [-0.4, -0.2) is 29.2 Å². The molecule has 0 aromatic carbocycles. The molecular weight excluding hydrogens is 228 g/mol. The Hall–Kier alpha value is -2.09. The number of nitrogens with zero attached hydrogens (tertiary/aromatic N) is 2. The quantitative estimate of drug-likeness (QED) is 0.564. The number of nitrogens with one attached hydrogen (secondary N) is 2. The zero-order valence-electron chi connectivity index (χ0n) is 10.6. The van der Waals surface area contributed by atoms with Crippen LogP contribution in [0.2, 0.25) is 0 Å². The summed E-state index contributed by atoms with van der Waals surface area (Å²) in [5, 5.41) is 13.6. The lowest BCUT2D eigenvalue weighted by Gasteiger charge is -2.05. The molecule has 18 heavy (non-hydrogen) atoms. The maximum atomic E-state index is 11.4. The Labute approximate surface area is 107 Å². The van der Waals surface area contributed by atoms with E-state index in [4.69, 9.17) is 6.42 Å². The molecule has 5 heteroatoms. The summed E-state index contributed by atoms with van der Waals surface area (Å²) in [4.78, 5) is 11.4. The molecule has 5 nitrogen and oxygen atoms in total. The fourth-order valence-corrected chi connectivity index (χ4v) is 1.37. The van der Waals surface area contributed by atoms with Crippen LogP contribution in [0.4, 0.5) is 5.82 Å². The average Bonchev–Trinajstić information content (AvgIpc) is 2.39. The average molecular weight is 246 g/mol. The molecule has 0 aliphatic carbocycles. The number of amides is 1. The van der Waals surface area contributed by atoms with Gasteiger partial charge in [0.15, 0.2) is 5.69 Å². The maximum absolute atomic E-state index is 11.4. The first-order chi connectivity index (χ1) is 8.77. The largest absolute Gasteiger partial charge is 0.369 e. The summed E-state index contributed by atoms with van der Waals surface area (Å²) in [5.74, 6) is 3.07. The number of hydrogen-bond donors (Lipinski definition) is 2. The molecule has 0 saturated carbocycles. The number of terminal acetylenes is 1. The van der Waals surface area contributed by atoms with E-state index in [2.05, 4.69) is 26.8 Å². The van der Waals surface area contributed by atoms with Gasteiger partial charge in [0.2, 0.25) is 0 Å². The van der Waals surface area contributed by atoms with E-state index in [1.54, 1.807) is 12.1 Å². The predicted octanol–water partition coefficient (Wildman–Crippen LogP) is 1.44. The van der Waals surface area contributed by atoms with Crippen molar-refractivity contribution in [3.63, 3.8) is 0 Å². The van der Waals surface area contributed by atoms with Crippen molar-refractivity contribution in [3.8, 4) is 12.3 Å². The minimum Gasteiger partial charge on any atom is -0.369 e. The number of anilines is 1. The molecule has 1 rings (SSSR count). The van der Waals surface area contributed by atoms with Crippen LogP contribution in [-0.2, 0) is 0 Å². The van der Waals surface area contributed by atoms with E-state index in [-0.39, 0.29) is 5.91 Å². The summed E-state index contributed by atoms with van der Waals surface area (Å²) >= 11 is 0. The van der Waals surface area contributed by atoms with Crippen molar-refractivity contribution in [2.75, 3.05) is 18.4 Å². The van der Waals surface area contributed by atoms with E-state index < -0.39 is 0 Å². The molecule has 1 aromatic heterocycles. The lowest BCUT2D eigenvalue weighted by atomic mass is 10.2. The van der Waals surface area contributed by atoms with Gasteiger partial charge in [-0.15, -0.1) is 22.5 Å². The fourth-order valence-electron chi connectivity index (χ4n) is 1.37. The highest BCUT2D eigenvalue weighted by atomic mass is 16.1. The highest BCUT2D eigenvalue weighted by molar-refractivity contribution is 5.92. The molecule has 0 unspecified atom stereocenters. The minimum absolute atomic E-state index is 0.203. The second-order valence-electron chi connectivity index (χ2n) is 3.75. The SMILES string of the molecule is C#CCCCCNc1ccc(C(=O)NCC)nn1. The Morgan fingerprint density at radius 3 is 2.83 bits per heavy atom. The van der Waals surface area contributed by atoms with E-state index in [1.807, 2.05) is 6.92 Å². The van der Waals surface area contributed by atoms with Gasteiger partial charge in [-0.3, -0.25) is 4.79 Å². The van der Waals surface area contributed by atoms with Crippen LogP contribution >= 0.6 is 0 Å². The molecule has 1 amide bonds. The Morgan fingerprint density at radius 2 is 2.22 bits per heavy atom. The van der Waals surface area contributed by atoms with E-state index in [1.165, 1.54) is 0 Å². The molecule has 0 fully saturated rings. The number of rotatable bonds is 7. The Kier molecular flexibility index (Phi) is 6.26. The summed E-state index contributed by atoms with van der Waals surface area (Å²) < 4.78 is 0. The van der Waals surface area contributed by atoms with Crippen LogP contribution < -0.4 is 10.6 Å². The van der Waals surface area contributed by atoms with Gasteiger partial charge in [0, 0.05) is 19.5 Å². The molecule has 0 aliphatic rings.